The summed E-state index contributed by atoms with van der Waals surface area (Å²) in [5.74, 6) is 0. The molecule has 1 saturated heterocycles. The van der Waals surface area contributed by atoms with E-state index in [1.807, 2.05) is 0 Å². The smallest absolute Gasteiger partial charge is 0.134 e. The summed E-state index contributed by atoms with van der Waals surface area (Å²) in [6, 6.07) is 0.0424. The van der Waals surface area contributed by atoms with Crippen molar-refractivity contribution in [3.63, 3.8) is 0 Å². The van der Waals surface area contributed by atoms with E-state index in [0.717, 1.165) is 35.9 Å². The van der Waals surface area contributed by atoms with Gasteiger partial charge in [-0.15, -0.1) is 10.2 Å². The molecule has 1 aliphatic rings. The fraction of sp³-hybridized carbons (Fsp3) is 0.800. The molecule has 2 N–H and O–H groups in total. The lowest BCUT2D eigenvalue weighted by molar-refractivity contribution is 0.111. The number of rotatable bonds is 4. The van der Waals surface area contributed by atoms with Gasteiger partial charge in [0.15, 0.2) is 0 Å². The molecule has 1 aromatic rings. The fourth-order valence-electron chi connectivity index (χ4n) is 1.67. The molecule has 2 unspecified atom stereocenters. The van der Waals surface area contributed by atoms with Crippen LogP contribution in [0.25, 0.3) is 0 Å². The zero-order valence-electron chi connectivity index (χ0n) is 8.98. The first-order chi connectivity index (χ1) is 7.29. The molecular formula is C10H17N3OS. The minimum Gasteiger partial charge on any atom is -0.378 e. The van der Waals surface area contributed by atoms with Gasteiger partial charge in [0.05, 0.1) is 12.1 Å². The van der Waals surface area contributed by atoms with Crippen LogP contribution in [0.3, 0.4) is 0 Å². The zero-order chi connectivity index (χ0) is 10.7. The van der Waals surface area contributed by atoms with Crippen LogP contribution >= 0.6 is 11.3 Å². The molecule has 0 saturated carbocycles. The quantitative estimate of drug-likeness (QED) is 0.850. The third kappa shape index (κ3) is 2.74. The topological polar surface area (TPSA) is 61.0 Å². The summed E-state index contributed by atoms with van der Waals surface area (Å²) in [4.78, 5) is 0. The third-order valence-corrected chi connectivity index (χ3v) is 3.74. The van der Waals surface area contributed by atoms with Crippen LogP contribution in [0.5, 0.6) is 0 Å². The maximum atomic E-state index is 5.89. The van der Waals surface area contributed by atoms with Gasteiger partial charge in [0.25, 0.3) is 0 Å². The largest absolute Gasteiger partial charge is 0.378 e. The number of aromatic nitrogens is 2. The Kier molecular flexibility index (Phi) is 3.66. The summed E-state index contributed by atoms with van der Waals surface area (Å²) in [6.45, 7) is 2.95. The van der Waals surface area contributed by atoms with E-state index in [1.54, 1.807) is 11.3 Å². The Labute approximate surface area is 93.8 Å². The van der Waals surface area contributed by atoms with Gasteiger partial charge in [-0.25, -0.2) is 0 Å². The third-order valence-electron chi connectivity index (χ3n) is 2.67. The lowest BCUT2D eigenvalue weighted by Crippen LogP contribution is -2.08. The fourth-order valence-corrected chi connectivity index (χ4v) is 2.67. The zero-order valence-corrected chi connectivity index (χ0v) is 9.80. The summed E-state index contributed by atoms with van der Waals surface area (Å²) in [5.41, 5.74) is 5.89. The van der Waals surface area contributed by atoms with Crippen LogP contribution in [-0.2, 0) is 11.2 Å². The summed E-state index contributed by atoms with van der Waals surface area (Å²) < 4.78 is 5.56. The van der Waals surface area contributed by atoms with Crippen LogP contribution in [0.1, 0.15) is 42.2 Å². The molecule has 15 heavy (non-hydrogen) atoms. The van der Waals surface area contributed by atoms with Crippen molar-refractivity contribution in [2.75, 3.05) is 6.61 Å². The second kappa shape index (κ2) is 5.01. The predicted molar refractivity (Wildman–Crippen MR) is 59.8 cm³/mol. The van der Waals surface area contributed by atoms with Gasteiger partial charge in [-0.05, 0) is 19.3 Å². The number of nitrogens with two attached hydrogens (primary N) is 1. The lowest BCUT2D eigenvalue weighted by atomic mass is 10.2. The molecule has 0 radical (unpaired) electrons. The van der Waals surface area contributed by atoms with Crippen LogP contribution in [0, 0.1) is 0 Å². The van der Waals surface area contributed by atoms with Crippen molar-refractivity contribution in [3.8, 4) is 0 Å². The molecule has 5 heteroatoms. The first-order valence-corrected chi connectivity index (χ1v) is 6.30. The molecule has 2 rings (SSSR count). The Morgan fingerprint density at radius 3 is 3.13 bits per heavy atom. The molecule has 0 bridgehead atoms. The van der Waals surface area contributed by atoms with E-state index in [-0.39, 0.29) is 6.04 Å². The van der Waals surface area contributed by atoms with Gasteiger partial charge in [-0.2, -0.15) is 0 Å². The van der Waals surface area contributed by atoms with Crippen molar-refractivity contribution in [1.29, 1.82) is 0 Å². The molecule has 0 amide bonds. The highest BCUT2D eigenvalue weighted by atomic mass is 32.1. The van der Waals surface area contributed by atoms with Gasteiger partial charge in [-0.3, -0.25) is 0 Å². The molecule has 4 nitrogen and oxygen atoms in total. The molecule has 1 aliphatic heterocycles. The van der Waals surface area contributed by atoms with Crippen molar-refractivity contribution in [3.05, 3.63) is 10.0 Å². The van der Waals surface area contributed by atoms with Gasteiger partial charge in [0, 0.05) is 13.0 Å². The Morgan fingerprint density at radius 1 is 1.60 bits per heavy atom. The van der Waals surface area contributed by atoms with Crippen LogP contribution in [0.2, 0.25) is 0 Å². The Bertz CT molecular complexity index is 309. The average Bonchev–Trinajstić information content (AvgIpc) is 2.88. The predicted octanol–water partition coefficient (Wildman–Crippen LogP) is 1.67. The maximum absolute atomic E-state index is 5.89. The monoisotopic (exact) mass is 227 g/mol. The molecule has 84 valence electrons. The highest BCUT2D eigenvalue weighted by Gasteiger charge is 2.19. The van der Waals surface area contributed by atoms with E-state index in [0.29, 0.717) is 6.10 Å². The standard InChI is InChI=1S/C10H17N3OS/c1-2-8(11)10-13-12-9(15-10)6-7-4-3-5-14-7/h7-8H,2-6,11H2,1H3. The van der Waals surface area contributed by atoms with E-state index in [9.17, 15) is 0 Å². The van der Waals surface area contributed by atoms with Gasteiger partial charge in [-0.1, -0.05) is 18.3 Å². The van der Waals surface area contributed by atoms with Gasteiger partial charge in [0.2, 0.25) is 0 Å². The second-order valence-electron chi connectivity index (χ2n) is 3.89. The van der Waals surface area contributed by atoms with E-state index in [4.69, 9.17) is 10.5 Å². The van der Waals surface area contributed by atoms with Gasteiger partial charge < -0.3 is 10.5 Å². The van der Waals surface area contributed by atoms with Crippen molar-refractivity contribution in [2.24, 2.45) is 5.73 Å². The Morgan fingerprint density at radius 2 is 2.47 bits per heavy atom. The van der Waals surface area contributed by atoms with Crippen LogP contribution in [-0.4, -0.2) is 22.9 Å². The normalized spacial score (nSPS) is 23.2. The number of ether oxygens (including phenoxy) is 1. The van der Waals surface area contributed by atoms with Crippen molar-refractivity contribution < 1.29 is 4.74 Å². The van der Waals surface area contributed by atoms with Crippen molar-refractivity contribution in [2.45, 2.75) is 44.8 Å². The summed E-state index contributed by atoms with van der Waals surface area (Å²) in [6.07, 6.45) is 4.48. The molecule has 2 atom stereocenters. The van der Waals surface area contributed by atoms with Crippen molar-refractivity contribution >= 4 is 11.3 Å². The Balaban J connectivity index is 1.94. The molecule has 2 heterocycles. The SMILES string of the molecule is CCC(N)c1nnc(CC2CCCO2)s1. The average molecular weight is 227 g/mol. The maximum Gasteiger partial charge on any atom is 0.134 e. The van der Waals surface area contributed by atoms with E-state index < -0.39 is 0 Å². The minimum atomic E-state index is 0.0424. The summed E-state index contributed by atoms with van der Waals surface area (Å²) in [7, 11) is 0. The molecule has 0 spiro atoms. The summed E-state index contributed by atoms with van der Waals surface area (Å²) in [5, 5.41) is 10.3. The molecular weight excluding hydrogens is 210 g/mol. The second-order valence-corrected chi connectivity index (χ2v) is 4.98. The minimum absolute atomic E-state index is 0.0424. The lowest BCUT2D eigenvalue weighted by Gasteiger charge is -2.05. The van der Waals surface area contributed by atoms with Crippen LogP contribution < -0.4 is 5.73 Å². The van der Waals surface area contributed by atoms with Gasteiger partial charge in [0.1, 0.15) is 10.0 Å². The number of hydrogen-bond donors (Lipinski definition) is 1. The van der Waals surface area contributed by atoms with E-state index in [2.05, 4.69) is 17.1 Å². The summed E-state index contributed by atoms with van der Waals surface area (Å²) >= 11 is 1.63. The first kappa shape index (κ1) is 11.0. The molecule has 0 aliphatic carbocycles. The highest BCUT2D eigenvalue weighted by Crippen LogP contribution is 2.22. The Hall–Kier alpha value is -0.520. The van der Waals surface area contributed by atoms with Crippen molar-refractivity contribution in [1.82, 2.24) is 10.2 Å². The van der Waals surface area contributed by atoms with E-state index in [1.165, 1.54) is 6.42 Å². The van der Waals surface area contributed by atoms with Crippen LogP contribution in [0.4, 0.5) is 0 Å². The van der Waals surface area contributed by atoms with E-state index >= 15 is 0 Å². The molecule has 1 aromatic heterocycles. The number of hydrogen-bond acceptors (Lipinski definition) is 5. The molecule has 0 aromatic carbocycles. The first-order valence-electron chi connectivity index (χ1n) is 5.49. The number of nitrogens with zero attached hydrogens (tertiary/aromatic N) is 2. The van der Waals surface area contributed by atoms with Crippen LogP contribution in [0.15, 0.2) is 0 Å². The van der Waals surface area contributed by atoms with Gasteiger partial charge >= 0.3 is 0 Å². The molecule has 1 fully saturated rings. The highest BCUT2D eigenvalue weighted by molar-refractivity contribution is 7.11.